The highest BCUT2D eigenvalue weighted by Gasteiger charge is 2.31. The number of nitrogens with zero attached hydrogens (tertiary/aromatic N) is 6. The Morgan fingerprint density at radius 3 is 2.52 bits per heavy atom. The largest absolute Gasteiger partial charge is 0.370 e. The van der Waals surface area contributed by atoms with Gasteiger partial charge in [0.25, 0.3) is 0 Å². The number of anilines is 1. The summed E-state index contributed by atoms with van der Waals surface area (Å²) in [7, 11) is 0. The fraction of sp³-hybridized carbons (Fsp3) is 0.625. The minimum Gasteiger partial charge on any atom is -0.370 e. The summed E-state index contributed by atoms with van der Waals surface area (Å²) in [6, 6.07) is 6.91. The molecule has 0 radical (unpaired) electrons. The first-order valence-electron chi connectivity index (χ1n) is 11.7. The fourth-order valence-electron chi connectivity index (χ4n) is 5.59. The van der Waals surface area contributed by atoms with Gasteiger partial charge in [0.2, 0.25) is 0 Å². The second kappa shape index (κ2) is 9.07. The molecular formula is C24H32N6O. The zero-order chi connectivity index (χ0) is 21.2. The molecule has 3 aliphatic rings. The lowest BCUT2D eigenvalue weighted by molar-refractivity contribution is -0.0371. The van der Waals surface area contributed by atoms with Gasteiger partial charge in [-0.3, -0.25) is 9.97 Å². The Kier molecular flexibility index (Phi) is 6.04. The maximum Gasteiger partial charge on any atom is 0.113 e. The van der Waals surface area contributed by atoms with Gasteiger partial charge in [-0.1, -0.05) is 0 Å². The summed E-state index contributed by atoms with van der Waals surface area (Å²) in [6.45, 7) is 9.72. The van der Waals surface area contributed by atoms with Gasteiger partial charge in [0, 0.05) is 38.1 Å². The van der Waals surface area contributed by atoms with E-state index in [2.05, 4.69) is 37.7 Å². The minimum absolute atomic E-state index is 0.156. The molecule has 3 saturated heterocycles. The van der Waals surface area contributed by atoms with Crippen molar-refractivity contribution in [3.63, 3.8) is 0 Å². The number of rotatable bonds is 4. The number of piperidine rings is 1. The predicted molar refractivity (Wildman–Crippen MR) is 121 cm³/mol. The lowest BCUT2D eigenvalue weighted by Gasteiger charge is -2.42. The highest BCUT2D eigenvalue weighted by molar-refractivity contribution is 5.92. The summed E-state index contributed by atoms with van der Waals surface area (Å²) in [5.41, 5.74) is 3.11. The van der Waals surface area contributed by atoms with Crippen LogP contribution < -0.4 is 4.90 Å². The summed E-state index contributed by atoms with van der Waals surface area (Å²) >= 11 is 0. The van der Waals surface area contributed by atoms with Crippen molar-refractivity contribution in [3.8, 4) is 6.07 Å². The molecule has 0 amide bonds. The number of morpholine rings is 1. The molecule has 0 unspecified atom stereocenters. The van der Waals surface area contributed by atoms with Crippen LogP contribution in [0.4, 0.5) is 5.69 Å². The maximum atomic E-state index is 9.43. The van der Waals surface area contributed by atoms with Crippen molar-refractivity contribution in [2.45, 2.75) is 50.9 Å². The van der Waals surface area contributed by atoms with Crippen LogP contribution in [-0.4, -0.2) is 83.8 Å². The van der Waals surface area contributed by atoms with E-state index < -0.39 is 0 Å². The molecule has 2 atom stereocenters. The van der Waals surface area contributed by atoms with E-state index in [4.69, 9.17) is 4.74 Å². The molecule has 2 aromatic rings. The quantitative estimate of drug-likeness (QED) is 0.753. The van der Waals surface area contributed by atoms with Gasteiger partial charge in [0.05, 0.1) is 23.5 Å². The summed E-state index contributed by atoms with van der Waals surface area (Å²) in [5.74, 6) is 0. The van der Waals surface area contributed by atoms with Crippen molar-refractivity contribution < 1.29 is 4.74 Å². The SMILES string of the molecule is C[C@@H]1CN(c2ccc(C#N)c3nccnc23)C[C@H](CN2CCC(N3CCCC3)CC2)O1. The normalized spacial score (nSPS) is 26.4. The lowest BCUT2D eigenvalue weighted by Crippen LogP contribution is -2.53. The molecule has 0 aliphatic carbocycles. The Balaban J connectivity index is 1.26. The van der Waals surface area contributed by atoms with Crippen LogP contribution in [0.15, 0.2) is 24.5 Å². The number of fused-ring (bicyclic) bond motifs is 1. The number of benzene rings is 1. The van der Waals surface area contributed by atoms with Crippen molar-refractivity contribution in [1.82, 2.24) is 19.8 Å². The molecule has 1 aromatic carbocycles. The molecule has 7 nitrogen and oxygen atoms in total. The van der Waals surface area contributed by atoms with Crippen LogP contribution in [-0.2, 0) is 4.74 Å². The smallest absolute Gasteiger partial charge is 0.113 e. The molecule has 0 bridgehead atoms. The molecule has 1 aromatic heterocycles. The van der Waals surface area contributed by atoms with Crippen molar-refractivity contribution in [3.05, 3.63) is 30.1 Å². The zero-order valence-electron chi connectivity index (χ0n) is 18.4. The average Bonchev–Trinajstić information content (AvgIpc) is 3.33. The van der Waals surface area contributed by atoms with Gasteiger partial charge in [-0.05, 0) is 70.9 Å². The summed E-state index contributed by atoms with van der Waals surface area (Å²) in [5, 5.41) is 9.43. The van der Waals surface area contributed by atoms with E-state index in [1.54, 1.807) is 12.4 Å². The lowest BCUT2D eigenvalue weighted by atomic mass is 10.0. The Bertz CT molecular complexity index is 945. The van der Waals surface area contributed by atoms with E-state index in [0.717, 1.165) is 36.9 Å². The third kappa shape index (κ3) is 4.38. The Labute approximate surface area is 184 Å². The molecule has 31 heavy (non-hydrogen) atoms. The van der Waals surface area contributed by atoms with Crippen LogP contribution in [0.3, 0.4) is 0 Å². The van der Waals surface area contributed by atoms with Crippen molar-refractivity contribution in [2.24, 2.45) is 0 Å². The highest BCUT2D eigenvalue weighted by Crippen LogP contribution is 2.29. The third-order valence-electron chi connectivity index (χ3n) is 7.07. The average molecular weight is 421 g/mol. The van der Waals surface area contributed by atoms with E-state index in [1.165, 1.54) is 51.9 Å². The van der Waals surface area contributed by atoms with E-state index in [0.29, 0.717) is 11.1 Å². The molecule has 0 N–H and O–H groups in total. The van der Waals surface area contributed by atoms with Crippen LogP contribution in [0.5, 0.6) is 0 Å². The van der Waals surface area contributed by atoms with Crippen LogP contribution in [0.1, 0.15) is 38.2 Å². The van der Waals surface area contributed by atoms with Gasteiger partial charge in [-0.15, -0.1) is 0 Å². The van der Waals surface area contributed by atoms with Crippen molar-refractivity contribution >= 4 is 16.7 Å². The number of likely N-dealkylation sites (tertiary alicyclic amines) is 2. The first-order chi connectivity index (χ1) is 15.2. The topological polar surface area (TPSA) is 68.5 Å². The Morgan fingerprint density at radius 2 is 1.77 bits per heavy atom. The monoisotopic (exact) mass is 420 g/mol. The second-order valence-corrected chi connectivity index (χ2v) is 9.25. The first-order valence-corrected chi connectivity index (χ1v) is 11.7. The Morgan fingerprint density at radius 1 is 1.03 bits per heavy atom. The number of aromatic nitrogens is 2. The second-order valence-electron chi connectivity index (χ2n) is 9.25. The van der Waals surface area contributed by atoms with Gasteiger partial charge < -0.3 is 19.4 Å². The summed E-state index contributed by atoms with van der Waals surface area (Å²) in [6.07, 6.45) is 9.00. The zero-order valence-corrected chi connectivity index (χ0v) is 18.4. The van der Waals surface area contributed by atoms with Gasteiger partial charge in [-0.2, -0.15) is 5.26 Å². The molecule has 164 valence electrons. The molecule has 5 rings (SSSR count). The number of ether oxygens (including phenoxy) is 1. The molecule has 3 fully saturated rings. The minimum atomic E-state index is 0.156. The van der Waals surface area contributed by atoms with Crippen molar-refractivity contribution in [1.29, 1.82) is 5.26 Å². The molecule has 0 spiro atoms. The fourth-order valence-corrected chi connectivity index (χ4v) is 5.59. The highest BCUT2D eigenvalue weighted by atomic mass is 16.5. The number of hydrogen-bond acceptors (Lipinski definition) is 7. The van der Waals surface area contributed by atoms with Crippen molar-refractivity contribution in [2.75, 3.05) is 50.7 Å². The molecule has 3 aliphatic heterocycles. The maximum absolute atomic E-state index is 9.43. The number of hydrogen-bond donors (Lipinski definition) is 0. The molecule has 7 heteroatoms. The van der Waals surface area contributed by atoms with Gasteiger partial charge in [-0.25, -0.2) is 0 Å². The standard InChI is InChI=1S/C24H32N6O/c1-18-15-30(22-5-4-19(14-25)23-24(22)27-9-8-26-23)17-21(31-18)16-28-12-6-20(7-13-28)29-10-2-3-11-29/h4-5,8-9,18,20-21H,2-3,6-7,10-13,15-17H2,1H3/t18-,21+/m1/s1. The van der Waals surface area contributed by atoms with Crippen LogP contribution in [0.2, 0.25) is 0 Å². The third-order valence-corrected chi connectivity index (χ3v) is 7.07. The number of nitriles is 1. The van der Waals surface area contributed by atoms with Crippen LogP contribution >= 0.6 is 0 Å². The van der Waals surface area contributed by atoms with E-state index >= 15 is 0 Å². The van der Waals surface area contributed by atoms with E-state index in [1.807, 2.05) is 12.1 Å². The van der Waals surface area contributed by atoms with Gasteiger partial charge in [0.15, 0.2) is 0 Å². The van der Waals surface area contributed by atoms with Crippen LogP contribution in [0, 0.1) is 11.3 Å². The Hall–Kier alpha value is -2.27. The first kappa shape index (κ1) is 20.6. The predicted octanol–water partition coefficient (Wildman–Crippen LogP) is 2.66. The molecular weight excluding hydrogens is 388 g/mol. The van der Waals surface area contributed by atoms with E-state index in [-0.39, 0.29) is 12.2 Å². The molecule has 4 heterocycles. The summed E-state index contributed by atoms with van der Waals surface area (Å²) in [4.78, 5) is 16.6. The van der Waals surface area contributed by atoms with Gasteiger partial charge >= 0.3 is 0 Å². The van der Waals surface area contributed by atoms with E-state index in [9.17, 15) is 5.26 Å². The summed E-state index contributed by atoms with van der Waals surface area (Å²) < 4.78 is 6.34. The van der Waals surface area contributed by atoms with Gasteiger partial charge in [0.1, 0.15) is 17.1 Å². The molecule has 0 saturated carbocycles. The van der Waals surface area contributed by atoms with Crippen LogP contribution in [0.25, 0.3) is 11.0 Å².